The molecule has 8 nitrogen and oxygen atoms in total. The van der Waals surface area contributed by atoms with Gasteiger partial charge in [0.25, 0.3) is 0 Å². The van der Waals surface area contributed by atoms with Crippen molar-refractivity contribution >= 4 is 44.7 Å². The summed E-state index contributed by atoms with van der Waals surface area (Å²) >= 11 is 3.44. The van der Waals surface area contributed by atoms with Crippen molar-refractivity contribution in [1.82, 2.24) is 15.1 Å². The average Bonchev–Trinajstić information content (AvgIpc) is 3.20. The number of fused-ring (bicyclic) bond motifs is 1. The fraction of sp³-hybridized carbons (Fsp3) is 0.286. The molecule has 3 aromatic rings. The number of hydrogen-bond acceptors (Lipinski definition) is 4. The predicted octanol–water partition coefficient (Wildman–Crippen LogP) is 5.15. The van der Waals surface area contributed by atoms with E-state index in [1.165, 1.54) is 4.90 Å². The number of carbonyl (C=O) groups is 2. The van der Waals surface area contributed by atoms with Gasteiger partial charge in [0.2, 0.25) is 0 Å². The molecule has 0 spiro atoms. The Balaban J connectivity index is 1.58. The van der Waals surface area contributed by atoms with Crippen LogP contribution in [-0.4, -0.2) is 45.0 Å². The van der Waals surface area contributed by atoms with Crippen LogP contribution in [0.3, 0.4) is 0 Å². The summed E-state index contributed by atoms with van der Waals surface area (Å²) in [4.78, 5) is 25.9. The number of benzene rings is 2. The monoisotopic (exact) mass is 472 g/mol. The highest BCUT2D eigenvalue weighted by Gasteiger charge is 2.36. The quantitative estimate of drug-likeness (QED) is 0.486. The van der Waals surface area contributed by atoms with E-state index in [-0.39, 0.29) is 0 Å². The molecule has 3 N–H and O–H groups in total. The first kappa shape index (κ1) is 20.2. The molecular weight excluding hydrogens is 452 g/mol. The topological polar surface area (TPSA) is 108 Å². The van der Waals surface area contributed by atoms with Crippen molar-refractivity contribution in [2.45, 2.75) is 31.4 Å². The number of aromatic amines is 1. The Labute approximate surface area is 181 Å². The number of rotatable bonds is 4. The molecule has 4 rings (SSSR count). The second kappa shape index (κ2) is 8.74. The number of H-pyrrole nitrogens is 1. The number of halogens is 1. The summed E-state index contributed by atoms with van der Waals surface area (Å²) in [5, 5.41) is 20.1. The predicted molar refractivity (Wildman–Crippen MR) is 115 cm³/mol. The number of anilines is 1. The normalized spacial score (nSPS) is 17.5. The molecule has 2 atom stereocenters. The Bertz CT molecular complexity index is 1070. The lowest BCUT2D eigenvalue weighted by atomic mass is 9.93. The molecule has 1 aliphatic rings. The summed E-state index contributed by atoms with van der Waals surface area (Å²) < 4.78 is 6.64. The van der Waals surface area contributed by atoms with Crippen molar-refractivity contribution in [3.05, 3.63) is 58.7 Å². The molecule has 156 valence electrons. The molecule has 1 aromatic heterocycles. The molecule has 30 heavy (non-hydrogen) atoms. The van der Waals surface area contributed by atoms with Gasteiger partial charge in [-0.15, -0.1) is 0 Å². The minimum atomic E-state index is -1.01. The third kappa shape index (κ3) is 4.40. The molecule has 0 aliphatic carbocycles. The van der Waals surface area contributed by atoms with Gasteiger partial charge in [0.15, 0.2) is 0 Å². The van der Waals surface area contributed by atoms with Gasteiger partial charge in [0, 0.05) is 22.1 Å². The summed E-state index contributed by atoms with van der Waals surface area (Å²) in [7, 11) is 0. The maximum Gasteiger partial charge on any atom is 0.412 e. The van der Waals surface area contributed by atoms with E-state index in [4.69, 9.17) is 4.74 Å². The molecule has 0 bridgehead atoms. The van der Waals surface area contributed by atoms with Crippen LogP contribution in [0.5, 0.6) is 0 Å². The number of nitrogens with zero attached hydrogens (tertiary/aromatic N) is 2. The van der Waals surface area contributed by atoms with E-state index in [0.29, 0.717) is 18.7 Å². The van der Waals surface area contributed by atoms with E-state index in [1.807, 2.05) is 30.3 Å². The van der Waals surface area contributed by atoms with Crippen LogP contribution in [0.25, 0.3) is 10.9 Å². The number of carboxylic acid groups (broad SMARTS) is 1. The van der Waals surface area contributed by atoms with Crippen molar-refractivity contribution < 1.29 is 19.4 Å². The van der Waals surface area contributed by atoms with Gasteiger partial charge < -0.3 is 14.7 Å². The standard InChI is InChI=1S/C21H21BrN4O4/c22-15-5-3-4-13(10-15)19(18-6-1-2-9-26(18)21(28)29)30-20(27)24-16-7-8-17-14(11-16)12-23-25-17/h3-5,7-8,10-12,18-19H,1-2,6,9H2,(H,23,25)(H,24,27)(H,28,29)/t18?,19-/m0/s1. The molecule has 1 unspecified atom stereocenters. The number of aromatic nitrogens is 2. The van der Waals surface area contributed by atoms with E-state index in [9.17, 15) is 14.7 Å². The van der Waals surface area contributed by atoms with Gasteiger partial charge in [-0.1, -0.05) is 28.1 Å². The highest BCUT2D eigenvalue weighted by atomic mass is 79.9. The molecular formula is C21H21BrN4O4. The fourth-order valence-electron chi connectivity index (χ4n) is 3.84. The van der Waals surface area contributed by atoms with Gasteiger partial charge in [-0.3, -0.25) is 10.4 Å². The van der Waals surface area contributed by atoms with Crippen molar-refractivity contribution in [3.8, 4) is 0 Å². The van der Waals surface area contributed by atoms with Gasteiger partial charge in [0.1, 0.15) is 6.10 Å². The minimum absolute atomic E-state index is 0.423. The Kier molecular flexibility index (Phi) is 5.89. The molecule has 1 saturated heterocycles. The molecule has 9 heteroatoms. The highest BCUT2D eigenvalue weighted by molar-refractivity contribution is 9.10. The van der Waals surface area contributed by atoms with Crippen molar-refractivity contribution in [3.63, 3.8) is 0 Å². The first-order valence-electron chi connectivity index (χ1n) is 9.67. The number of likely N-dealkylation sites (tertiary alicyclic amines) is 1. The van der Waals surface area contributed by atoms with Gasteiger partial charge >= 0.3 is 12.2 Å². The first-order valence-corrected chi connectivity index (χ1v) is 10.5. The second-order valence-electron chi connectivity index (χ2n) is 7.22. The lowest BCUT2D eigenvalue weighted by molar-refractivity contribution is 0.0178. The van der Waals surface area contributed by atoms with Crippen LogP contribution in [0.15, 0.2) is 53.1 Å². The Morgan fingerprint density at radius 2 is 2.13 bits per heavy atom. The Morgan fingerprint density at radius 1 is 1.27 bits per heavy atom. The maximum atomic E-state index is 12.7. The van der Waals surface area contributed by atoms with Crippen LogP contribution in [0, 0.1) is 0 Å². The number of carbonyl (C=O) groups excluding carboxylic acids is 1. The zero-order valence-electron chi connectivity index (χ0n) is 16.0. The number of hydrogen-bond donors (Lipinski definition) is 3. The molecule has 0 radical (unpaired) electrons. The number of piperidine rings is 1. The smallest absolute Gasteiger partial charge is 0.412 e. The zero-order valence-corrected chi connectivity index (χ0v) is 17.6. The summed E-state index contributed by atoms with van der Waals surface area (Å²) in [6.07, 6.45) is 1.59. The summed E-state index contributed by atoms with van der Waals surface area (Å²) in [5.74, 6) is 0. The van der Waals surface area contributed by atoms with Crippen LogP contribution >= 0.6 is 15.9 Å². The van der Waals surface area contributed by atoms with Crippen molar-refractivity contribution in [1.29, 1.82) is 0 Å². The molecule has 2 amide bonds. The fourth-order valence-corrected chi connectivity index (χ4v) is 4.26. The largest absolute Gasteiger partial charge is 0.465 e. The SMILES string of the molecule is O=C(Nc1ccc2[nH]ncc2c1)O[C@@H](c1cccc(Br)c1)C1CCCCN1C(=O)O. The average molecular weight is 473 g/mol. The van der Waals surface area contributed by atoms with Crippen molar-refractivity contribution in [2.24, 2.45) is 0 Å². The first-order chi connectivity index (χ1) is 14.5. The van der Waals surface area contributed by atoms with Crippen molar-refractivity contribution in [2.75, 3.05) is 11.9 Å². The number of amides is 2. The highest BCUT2D eigenvalue weighted by Crippen LogP contribution is 2.33. The summed E-state index contributed by atoms with van der Waals surface area (Å²) in [5.41, 5.74) is 2.17. The van der Waals surface area contributed by atoms with Crippen LogP contribution in [0.4, 0.5) is 15.3 Å². The summed E-state index contributed by atoms with van der Waals surface area (Å²) in [6.45, 7) is 0.423. The summed E-state index contributed by atoms with van der Waals surface area (Å²) in [6, 6.07) is 12.3. The van der Waals surface area contributed by atoms with Crippen LogP contribution in [0.2, 0.25) is 0 Å². The Hall–Kier alpha value is -3.07. The van der Waals surface area contributed by atoms with E-state index in [0.717, 1.165) is 33.8 Å². The molecule has 2 aromatic carbocycles. The van der Waals surface area contributed by atoms with Gasteiger partial charge in [-0.2, -0.15) is 5.10 Å². The van der Waals surface area contributed by atoms with Gasteiger partial charge in [0.05, 0.1) is 17.8 Å². The van der Waals surface area contributed by atoms with Gasteiger partial charge in [-0.05, 0) is 55.2 Å². The van der Waals surface area contributed by atoms with Crippen LogP contribution < -0.4 is 5.32 Å². The minimum Gasteiger partial charge on any atom is -0.465 e. The van der Waals surface area contributed by atoms with E-state index < -0.39 is 24.3 Å². The molecule has 2 heterocycles. The van der Waals surface area contributed by atoms with Crippen LogP contribution in [0.1, 0.15) is 30.9 Å². The van der Waals surface area contributed by atoms with E-state index >= 15 is 0 Å². The molecule has 1 aliphatic heterocycles. The number of ether oxygens (including phenoxy) is 1. The zero-order chi connectivity index (χ0) is 21.1. The van der Waals surface area contributed by atoms with Crippen LogP contribution in [-0.2, 0) is 4.74 Å². The van der Waals surface area contributed by atoms with Gasteiger partial charge in [-0.25, -0.2) is 9.59 Å². The third-order valence-corrected chi connectivity index (χ3v) is 5.74. The Morgan fingerprint density at radius 3 is 2.93 bits per heavy atom. The second-order valence-corrected chi connectivity index (χ2v) is 8.13. The lowest BCUT2D eigenvalue weighted by Crippen LogP contribution is -2.47. The molecule has 1 fully saturated rings. The van der Waals surface area contributed by atoms with E-state index in [2.05, 4.69) is 31.4 Å². The maximum absolute atomic E-state index is 12.7. The number of nitrogens with one attached hydrogen (secondary N) is 2. The molecule has 0 saturated carbocycles. The third-order valence-electron chi connectivity index (χ3n) is 5.24. The lowest BCUT2D eigenvalue weighted by Gasteiger charge is -2.38. The van der Waals surface area contributed by atoms with E-state index in [1.54, 1.807) is 18.3 Å².